The Bertz CT molecular complexity index is 1670. The first-order valence-electron chi connectivity index (χ1n) is 12.4. The second-order valence-electron chi connectivity index (χ2n) is 9.98. The van der Waals surface area contributed by atoms with Crippen molar-refractivity contribution in [2.75, 3.05) is 23.3 Å². The van der Waals surface area contributed by atoms with Crippen molar-refractivity contribution in [3.63, 3.8) is 0 Å². The first kappa shape index (κ1) is 24.0. The number of aryl methyl sites for hydroxylation is 2. The van der Waals surface area contributed by atoms with Gasteiger partial charge < -0.3 is 24.6 Å². The molecule has 2 N–H and O–H groups in total. The molecule has 0 amide bonds. The Balaban J connectivity index is 1.28. The highest BCUT2D eigenvalue weighted by Gasteiger charge is 2.30. The van der Waals surface area contributed by atoms with Gasteiger partial charge >= 0.3 is 0 Å². The zero-order valence-electron chi connectivity index (χ0n) is 21.3. The molecule has 0 unspecified atom stereocenters. The van der Waals surface area contributed by atoms with E-state index in [0.717, 1.165) is 36.0 Å². The van der Waals surface area contributed by atoms with Crippen molar-refractivity contribution in [1.29, 1.82) is 0 Å². The van der Waals surface area contributed by atoms with Crippen LogP contribution in [0.25, 0.3) is 22.1 Å². The van der Waals surface area contributed by atoms with E-state index in [0.29, 0.717) is 40.8 Å². The summed E-state index contributed by atoms with van der Waals surface area (Å²) in [5.74, 6) is 1.30. The van der Waals surface area contributed by atoms with E-state index in [1.54, 1.807) is 18.6 Å². The van der Waals surface area contributed by atoms with Gasteiger partial charge in [-0.25, -0.2) is 29.3 Å². The van der Waals surface area contributed by atoms with Crippen LogP contribution in [-0.2, 0) is 7.05 Å². The number of imidazole rings is 1. The lowest BCUT2D eigenvalue weighted by molar-refractivity contribution is 0.0445. The van der Waals surface area contributed by atoms with Crippen LogP contribution in [0.5, 0.6) is 11.5 Å². The molecule has 0 saturated carbocycles. The molecule has 38 heavy (non-hydrogen) atoms. The van der Waals surface area contributed by atoms with Gasteiger partial charge in [-0.2, -0.15) is 0 Å². The van der Waals surface area contributed by atoms with E-state index in [-0.39, 0.29) is 5.69 Å². The normalized spacial score (nSPS) is 17.8. The summed E-state index contributed by atoms with van der Waals surface area (Å²) in [6, 6.07) is 8.59. The molecule has 1 saturated heterocycles. The molecule has 194 valence electrons. The predicted octanol–water partition coefficient (Wildman–Crippen LogP) is 4.64. The van der Waals surface area contributed by atoms with E-state index < -0.39 is 11.4 Å². The third-order valence-electron chi connectivity index (χ3n) is 6.76. The Morgan fingerprint density at radius 2 is 1.97 bits per heavy atom. The Labute approximate surface area is 218 Å². The van der Waals surface area contributed by atoms with Crippen LogP contribution in [0.4, 0.5) is 21.8 Å². The summed E-state index contributed by atoms with van der Waals surface area (Å²) in [6.45, 7) is 4.82. The number of rotatable bonds is 5. The molecular formula is C27H27FN8O2. The van der Waals surface area contributed by atoms with Crippen LogP contribution in [0.1, 0.15) is 25.3 Å². The zero-order valence-corrected chi connectivity index (χ0v) is 21.3. The summed E-state index contributed by atoms with van der Waals surface area (Å²) in [7, 11) is 1.92. The quantitative estimate of drug-likeness (QED) is 0.346. The maximum atomic E-state index is 15.3. The van der Waals surface area contributed by atoms with Crippen molar-refractivity contribution in [3.8, 4) is 11.5 Å². The summed E-state index contributed by atoms with van der Waals surface area (Å²) >= 11 is 0. The maximum Gasteiger partial charge on any atom is 0.226 e. The number of benzene rings is 2. The minimum absolute atomic E-state index is 0.232. The molecule has 10 nitrogen and oxygen atoms in total. The van der Waals surface area contributed by atoms with E-state index >= 15 is 4.39 Å². The first-order chi connectivity index (χ1) is 18.3. The highest BCUT2D eigenvalue weighted by molar-refractivity contribution is 5.87. The number of ether oxygens (including phenoxy) is 1. The van der Waals surface area contributed by atoms with Gasteiger partial charge in [0.25, 0.3) is 0 Å². The topological polar surface area (TPSA) is 114 Å². The second-order valence-corrected chi connectivity index (χ2v) is 9.98. The number of hydrogen-bond donors (Lipinski definition) is 2. The predicted molar refractivity (Wildman–Crippen MR) is 142 cm³/mol. The summed E-state index contributed by atoms with van der Waals surface area (Å²) in [5, 5.41) is 13.6. The molecule has 0 spiro atoms. The number of β-amino-alcohol motifs (C(OH)–C–C–N with tert-alkyl or cyclic N) is 1. The second kappa shape index (κ2) is 9.18. The average molecular weight is 515 g/mol. The van der Waals surface area contributed by atoms with Crippen molar-refractivity contribution < 1.29 is 14.2 Å². The van der Waals surface area contributed by atoms with Gasteiger partial charge in [-0.1, -0.05) is 0 Å². The van der Waals surface area contributed by atoms with Crippen molar-refractivity contribution in [2.24, 2.45) is 7.05 Å². The minimum atomic E-state index is -0.807. The lowest BCUT2D eigenvalue weighted by atomic mass is 9.95. The van der Waals surface area contributed by atoms with Crippen LogP contribution >= 0.6 is 0 Å². The molecule has 1 aliphatic rings. The largest absolute Gasteiger partial charge is 0.457 e. The monoisotopic (exact) mass is 514 g/mol. The Morgan fingerprint density at radius 1 is 1.11 bits per heavy atom. The summed E-state index contributed by atoms with van der Waals surface area (Å²) in [4.78, 5) is 24.0. The molecule has 4 heterocycles. The van der Waals surface area contributed by atoms with Crippen molar-refractivity contribution in [3.05, 3.63) is 60.6 Å². The summed E-state index contributed by atoms with van der Waals surface area (Å²) in [5.41, 5.74) is 2.93. The van der Waals surface area contributed by atoms with Crippen molar-refractivity contribution in [1.82, 2.24) is 29.5 Å². The standard InChI is InChI=1S/C27H27FN8O2/c1-16-9-19(18(28)11-23(16)38-17-5-6-22-20(10-17)32-15-35(22)3)33-25-24-21(30-14-31-25)12-29-26(34-24)36-8-4-7-27(2,37)13-36/h5-6,9-12,14-15,37H,4,7-8,13H2,1-3H3,(H,30,31,33)/t27-/m1/s1. The summed E-state index contributed by atoms with van der Waals surface area (Å²) in [6.07, 6.45) is 6.30. The molecule has 2 aromatic carbocycles. The number of nitrogens with one attached hydrogen (secondary N) is 1. The Hall–Kier alpha value is -4.38. The van der Waals surface area contributed by atoms with Gasteiger partial charge in [-0.3, -0.25) is 0 Å². The zero-order chi connectivity index (χ0) is 26.4. The molecular weight excluding hydrogens is 487 g/mol. The van der Waals surface area contributed by atoms with Crippen LogP contribution in [0.15, 0.2) is 49.2 Å². The third-order valence-corrected chi connectivity index (χ3v) is 6.76. The first-order valence-corrected chi connectivity index (χ1v) is 12.4. The third kappa shape index (κ3) is 4.56. The lowest BCUT2D eigenvalue weighted by Gasteiger charge is -2.36. The molecule has 11 heteroatoms. The van der Waals surface area contributed by atoms with Gasteiger partial charge in [-0.05, 0) is 50.5 Å². The molecule has 0 aliphatic carbocycles. The van der Waals surface area contributed by atoms with E-state index in [2.05, 4.69) is 30.2 Å². The number of nitrogens with zero attached hydrogens (tertiary/aromatic N) is 7. The number of hydrogen-bond acceptors (Lipinski definition) is 9. The fourth-order valence-corrected chi connectivity index (χ4v) is 4.78. The van der Waals surface area contributed by atoms with Crippen LogP contribution in [0.3, 0.4) is 0 Å². The van der Waals surface area contributed by atoms with Gasteiger partial charge in [-0.15, -0.1) is 0 Å². The lowest BCUT2D eigenvalue weighted by Crippen LogP contribution is -2.46. The number of aromatic nitrogens is 6. The van der Waals surface area contributed by atoms with Crippen molar-refractivity contribution >= 4 is 39.5 Å². The smallest absolute Gasteiger partial charge is 0.226 e. The molecule has 6 rings (SSSR count). The molecule has 1 aliphatic heterocycles. The van der Waals surface area contributed by atoms with Crippen LogP contribution in [0, 0.1) is 12.7 Å². The van der Waals surface area contributed by atoms with Gasteiger partial charge in [0, 0.05) is 32.3 Å². The SMILES string of the molecule is Cc1cc(Nc2ncnc3cnc(N4CCC[C@@](C)(O)C4)nc23)c(F)cc1Oc1ccc2c(c1)ncn2C. The van der Waals surface area contributed by atoms with Crippen LogP contribution in [0.2, 0.25) is 0 Å². The number of piperidine rings is 1. The van der Waals surface area contributed by atoms with Crippen molar-refractivity contribution in [2.45, 2.75) is 32.3 Å². The minimum Gasteiger partial charge on any atom is -0.457 e. The molecule has 5 aromatic rings. The fourth-order valence-electron chi connectivity index (χ4n) is 4.78. The molecule has 0 bridgehead atoms. The van der Waals surface area contributed by atoms with E-state index in [4.69, 9.17) is 4.74 Å². The Morgan fingerprint density at radius 3 is 2.82 bits per heavy atom. The number of halogens is 1. The molecule has 0 radical (unpaired) electrons. The highest BCUT2D eigenvalue weighted by Crippen LogP contribution is 2.33. The van der Waals surface area contributed by atoms with Gasteiger partial charge in [0.1, 0.15) is 34.7 Å². The van der Waals surface area contributed by atoms with Gasteiger partial charge in [0.05, 0.1) is 34.8 Å². The van der Waals surface area contributed by atoms with Gasteiger partial charge in [0.15, 0.2) is 5.82 Å². The number of fused-ring (bicyclic) bond motifs is 2. The Kier molecular flexibility index (Phi) is 5.79. The maximum absolute atomic E-state index is 15.3. The number of anilines is 3. The molecule has 3 aromatic heterocycles. The highest BCUT2D eigenvalue weighted by atomic mass is 19.1. The van der Waals surface area contributed by atoms with E-state index in [1.807, 2.05) is 48.6 Å². The molecule has 1 fully saturated rings. The molecule has 1 atom stereocenters. The van der Waals surface area contributed by atoms with Crippen LogP contribution in [-0.4, -0.2) is 53.3 Å². The van der Waals surface area contributed by atoms with E-state index in [9.17, 15) is 5.11 Å². The van der Waals surface area contributed by atoms with Gasteiger partial charge in [0.2, 0.25) is 5.95 Å². The van der Waals surface area contributed by atoms with E-state index in [1.165, 1.54) is 12.4 Å². The number of aliphatic hydroxyl groups is 1. The summed E-state index contributed by atoms with van der Waals surface area (Å²) < 4.78 is 23.2. The fraction of sp³-hybridized carbons (Fsp3) is 0.296. The van der Waals surface area contributed by atoms with Crippen LogP contribution < -0.4 is 15.0 Å². The average Bonchev–Trinajstić information content (AvgIpc) is 3.26.